The quantitative estimate of drug-likeness (QED) is 0.404. The fraction of sp³-hybridized carbons (Fsp3) is 0.625. The van der Waals surface area contributed by atoms with Gasteiger partial charge >= 0.3 is 12.0 Å². The summed E-state index contributed by atoms with van der Waals surface area (Å²) in [7, 11) is 1.41. The first-order valence-corrected chi connectivity index (χ1v) is 4.20. The molecule has 0 saturated heterocycles. The molecule has 0 unspecified atom stereocenters. The summed E-state index contributed by atoms with van der Waals surface area (Å²) in [5, 5.41) is 4.74. The Kier molecular flexibility index (Phi) is 5.28. The SMILES string of the molecule is CCOC(=O)C/C(C)=N\N(C)C(N)=O. The number of carbonyl (C=O) groups excluding carboxylic acids is 2. The van der Waals surface area contributed by atoms with E-state index in [4.69, 9.17) is 10.5 Å². The molecule has 0 aliphatic carbocycles. The summed E-state index contributed by atoms with van der Waals surface area (Å²) in [4.78, 5) is 21.5. The highest BCUT2D eigenvalue weighted by Gasteiger charge is 2.06. The van der Waals surface area contributed by atoms with Crippen LogP contribution in [0.4, 0.5) is 4.79 Å². The monoisotopic (exact) mass is 201 g/mol. The van der Waals surface area contributed by atoms with Crippen LogP contribution in [0, 0.1) is 0 Å². The molecule has 0 aliphatic heterocycles. The molecule has 0 atom stereocenters. The first-order chi connectivity index (χ1) is 6.47. The van der Waals surface area contributed by atoms with Crippen LogP contribution < -0.4 is 5.73 Å². The topological polar surface area (TPSA) is 85.0 Å². The lowest BCUT2D eigenvalue weighted by Gasteiger charge is -2.08. The summed E-state index contributed by atoms with van der Waals surface area (Å²) >= 11 is 0. The Labute approximate surface area is 82.7 Å². The van der Waals surface area contributed by atoms with Gasteiger partial charge < -0.3 is 10.5 Å². The maximum Gasteiger partial charge on any atom is 0.334 e. The Morgan fingerprint density at radius 1 is 1.50 bits per heavy atom. The van der Waals surface area contributed by atoms with Gasteiger partial charge in [0, 0.05) is 12.8 Å². The van der Waals surface area contributed by atoms with Crippen molar-refractivity contribution in [2.24, 2.45) is 10.8 Å². The summed E-state index contributed by atoms with van der Waals surface area (Å²) in [6.45, 7) is 3.67. The molecule has 14 heavy (non-hydrogen) atoms. The standard InChI is InChI=1S/C8H15N3O3/c1-4-14-7(12)5-6(2)10-11(3)8(9)13/h4-5H2,1-3H3,(H2,9,13)/b10-6-. The van der Waals surface area contributed by atoms with Gasteiger partial charge in [-0.15, -0.1) is 0 Å². The van der Waals surface area contributed by atoms with E-state index in [9.17, 15) is 9.59 Å². The van der Waals surface area contributed by atoms with Gasteiger partial charge in [0.25, 0.3) is 0 Å². The third kappa shape index (κ3) is 5.13. The second kappa shape index (κ2) is 5.95. The van der Waals surface area contributed by atoms with Crippen LogP contribution in [0.15, 0.2) is 5.10 Å². The fourth-order valence-corrected chi connectivity index (χ4v) is 0.762. The van der Waals surface area contributed by atoms with Gasteiger partial charge in [0.05, 0.1) is 13.0 Å². The molecule has 0 spiro atoms. The Bertz CT molecular complexity index is 250. The van der Waals surface area contributed by atoms with Crippen molar-refractivity contribution in [2.45, 2.75) is 20.3 Å². The normalized spacial score (nSPS) is 10.9. The maximum atomic E-state index is 11.0. The number of carbonyl (C=O) groups is 2. The highest BCUT2D eigenvalue weighted by atomic mass is 16.5. The minimum absolute atomic E-state index is 0.0610. The summed E-state index contributed by atoms with van der Waals surface area (Å²) < 4.78 is 4.70. The van der Waals surface area contributed by atoms with E-state index in [2.05, 4.69) is 5.10 Å². The van der Waals surface area contributed by atoms with Crippen LogP contribution in [0.2, 0.25) is 0 Å². The number of rotatable bonds is 4. The first-order valence-electron chi connectivity index (χ1n) is 4.20. The van der Waals surface area contributed by atoms with Crippen molar-refractivity contribution in [2.75, 3.05) is 13.7 Å². The van der Waals surface area contributed by atoms with Gasteiger partial charge in [-0.3, -0.25) is 4.79 Å². The molecule has 0 rings (SSSR count). The molecule has 2 amide bonds. The lowest BCUT2D eigenvalue weighted by atomic mass is 10.3. The molecule has 80 valence electrons. The van der Waals surface area contributed by atoms with Gasteiger partial charge in [-0.25, -0.2) is 9.80 Å². The number of hydrogen-bond donors (Lipinski definition) is 1. The van der Waals surface area contributed by atoms with Gasteiger partial charge in [-0.1, -0.05) is 0 Å². The predicted octanol–water partition coefficient (Wildman–Crippen LogP) is 0.326. The lowest BCUT2D eigenvalue weighted by molar-refractivity contribution is -0.141. The van der Waals surface area contributed by atoms with Crippen molar-refractivity contribution >= 4 is 17.7 Å². The van der Waals surface area contributed by atoms with E-state index in [1.165, 1.54) is 7.05 Å². The molecular formula is C8H15N3O3. The van der Waals surface area contributed by atoms with Gasteiger partial charge in [0.1, 0.15) is 0 Å². The molecule has 0 saturated carbocycles. The third-order valence-corrected chi connectivity index (χ3v) is 1.35. The lowest BCUT2D eigenvalue weighted by Crippen LogP contribution is -2.28. The van der Waals surface area contributed by atoms with Gasteiger partial charge in [0.2, 0.25) is 0 Å². The molecule has 6 heteroatoms. The van der Waals surface area contributed by atoms with Crippen molar-refractivity contribution in [1.82, 2.24) is 5.01 Å². The second-order valence-electron chi connectivity index (χ2n) is 2.68. The zero-order chi connectivity index (χ0) is 11.1. The van der Waals surface area contributed by atoms with E-state index in [0.717, 1.165) is 5.01 Å². The zero-order valence-electron chi connectivity index (χ0n) is 8.61. The molecule has 0 heterocycles. The minimum Gasteiger partial charge on any atom is -0.466 e. The van der Waals surface area contributed by atoms with Crippen LogP contribution in [0.5, 0.6) is 0 Å². The Morgan fingerprint density at radius 3 is 2.50 bits per heavy atom. The van der Waals surface area contributed by atoms with E-state index in [-0.39, 0.29) is 12.4 Å². The molecular weight excluding hydrogens is 186 g/mol. The van der Waals surface area contributed by atoms with Crippen LogP contribution in [0.3, 0.4) is 0 Å². The Morgan fingerprint density at radius 2 is 2.07 bits per heavy atom. The van der Waals surface area contributed by atoms with E-state index in [1.807, 2.05) is 0 Å². The molecule has 6 nitrogen and oxygen atoms in total. The van der Waals surface area contributed by atoms with Gasteiger partial charge in [-0.2, -0.15) is 5.10 Å². The largest absolute Gasteiger partial charge is 0.466 e. The van der Waals surface area contributed by atoms with Crippen molar-refractivity contribution in [1.29, 1.82) is 0 Å². The predicted molar refractivity (Wildman–Crippen MR) is 51.7 cm³/mol. The van der Waals surface area contributed by atoms with E-state index < -0.39 is 6.03 Å². The number of ether oxygens (including phenoxy) is 1. The van der Waals surface area contributed by atoms with Crippen LogP contribution in [0.1, 0.15) is 20.3 Å². The van der Waals surface area contributed by atoms with E-state index in [1.54, 1.807) is 13.8 Å². The second-order valence-corrected chi connectivity index (χ2v) is 2.68. The average molecular weight is 201 g/mol. The summed E-state index contributed by atoms with van der Waals surface area (Å²) in [6, 6.07) is -0.673. The highest BCUT2D eigenvalue weighted by molar-refractivity contribution is 5.97. The maximum absolute atomic E-state index is 11.0. The van der Waals surface area contributed by atoms with Crippen LogP contribution in [-0.4, -0.2) is 36.4 Å². The zero-order valence-corrected chi connectivity index (χ0v) is 8.61. The van der Waals surface area contributed by atoms with Crippen LogP contribution in [-0.2, 0) is 9.53 Å². The third-order valence-electron chi connectivity index (χ3n) is 1.35. The number of hydrogen-bond acceptors (Lipinski definition) is 4. The summed E-state index contributed by atoms with van der Waals surface area (Å²) in [6.07, 6.45) is 0.0610. The smallest absolute Gasteiger partial charge is 0.334 e. The van der Waals surface area contributed by atoms with Crippen molar-refractivity contribution < 1.29 is 14.3 Å². The number of nitrogens with two attached hydrogens (primary N) is 1. The summed E-state index contributed by atoms with van der Waals surface area (Å²) in [5.74, 6) is -0.369. The van der Waals surface area contributed by atoms with Gasteiger partial charge in [-0.05, 0) is 13.8 Å². The number of esters is 1. The molecule has 0 fully saturated rings. The molecule has 0 aromatic heterocycles. The van der Waals surface area contributed by atoms with Crippen LogP contribution in [0.25, 0.3) is 0 Å². The van der Waals surface area contributed by atoms with Crippen LogP contribution >= 0.6 is 0 Å². The van der Waals surface area contributed by atoms with Crippen molar-refractivity contribution in [3.63, 3.8) is 0 Å². The molecule has 0 bridgehead atoms. The molecule has 0 aliphatic rings. The number of primary amides is 1. The molecule has 2 N–H and O–H groups in total. The summed E-state index contributed by atoms with van der Waals surface area (Å²) in [5.41, 5.74) is 5.41. The Hall–Kier alpha value is -1.59. The van der Waals surface area contributed by atoms with Gasteiger partial charge in [0.15, 0.2) is 0 Å². The first kappa shape index (κ1) is 12.4. The highest BCUT2D eigenvalue weighted by Crippen LogP contribution is 1.93. The number of urea groups is 1. The molecule has 0 radical (unpaired) electrons. The Balaban J connectivity index is 4.12. The van der Waals surface area contributed by atoms with E-state index in [0.29, 0.717) is 12.3 Å². The van der Waals surface area contributed by atoms with Crippen molar-refractivity contribution in [3.05, 3.63) is 0 Å². The minimum atomic E-state index is -0.673. The number of hydrazone groups is 1. The van der Waals surface area contributed by atoms with Crippen molar-refractivity contribution in [3.8, 4) is 0 Å². The fourth-order valence-electron chi connectivity index (χ4n) is 0.762. The number of amides is 2. The number of nitrogens with zero attached hydrogens (tertiary/aromatic N) is 2. The van der Waals surface area contributed by atoms with E-state index >= 15 is 0 Å². The molecule has 0 aromatic rings. The average Bonchev–Trinajstić information content (AvgIpc) is 2.03. The molecule has 0 aromatic carbocycles.